The standard InChI is InChI=1S/C31H28N2O4S/c1-20(2)21-15-17-23(18-16-21)32-30(35)28(22-9-4-3-5-10-22)38-25-12-8-11-24(19-25)33-29(34)26-13-6-7-14-27(26)31(36)37/h3-20,28H,1-2H3,(H,32,35)(H,33,34)(H,36,37). The molecule has 0 aromatic heterocycles. The van der Waals surface area contributed by atoms with Crippen molar-refractivity contribution in [2.45, 2.75) is 29.9 Å². The van der Waals surface area contributed by atoms with Crippen LogP contribution in [0.15, 0.2) is 108 Å². The van der Waals surface area contributed by atoms with Gasteiger partial charge in [-0.05, 0) is 59.5 Å². The lowest BCUT2D eigenvalue weighted by atomic mass is 10.0. The monoisotopic (exact) mass is 524 g/mol. The lowest BCUT2D eigenvalue weighted by Gasteiger charge is -2.18. The Hall–Kier alpha value is -4.36. The molecule has 0 aliphatic heterocycles. The van der Waals surface area contributed by atoms with Gasteiger partial charge in [0.1, 0.15) is 5.25 Å². The number of nitrogens with one attached hydrogen (secondary N) is 2. The number of aromatic carboxylic acids is 1. The van der Waals surface area contributed by atoms with Crippen molar-refractivity contribution in [3.05, 3.63) is 125 Å². The minimum Gasteiger partial charge on any atom is -0.478 e. The minimum absolute atomic E-state index is 0.0715. The Balaban J connectivity index is 1.54. The third kappa shape index (κ3) is 6.69. The fourth-order valence-electron chi connectivity index (χ4n) is 3.91. The Morgan fingerprint density at radius 3 is 2.00 bits per heavy atom. The minimum atomic E-state index is -1.17. The molecule has 4 rings (SSSR count). The first-order chi connectivity index (χ1) is 18.3. The van der Waals surface area contributed by atoms with Crippen molar-refractivity contribution >= 4 is 40.9 Å². The highest BCUT2D eigenvalue weighted by Gasteiger charge is 2.23. The summed E-state index contributed by atoms with van der Waals surface area (Å²) in [6.45, 7) is 4.24. The average Bonchev–Trinajstić information content (AvgIpc) is 2.92. The van der Waals surface area contributed by atoms with Gasteiger partial charge in [-0.2, -0.15) is 0 Å². The predicted octanol–water partition coefficient (Wildman–Crippen LogP) is 7.23. The van der Waals surface area contributed by atoms with E-state index in [4.69, 9.17) is 0 Å². The molecular formula is C31H28N2O4S. The van der Waals surface area contributed by atoms with Gasteiger partial charge in [0.25, 0.3) is 5.91 Å². The summed E-state index contributed by atoms with van der Waals surface area (Å²) in [6.07, 6.45) is 0. The molecule has 0 fully saturated rings. The molecular weight excluding hydrogens is 496 g/mol. The molecule has 1 atom stereocenters. The highest BCUT2D eigenvalue weighted by Crippen LogP contribution is 2.37. The molecule has 0 bridgehead atoms. The molecule has 4 aromatic rings. The number of hydrogen-bond acceptors (Lipinski definition) is 4. The van der Waals surface area contributed by atoms with Gasteiger partial charge in [-0.25, -0.2) is 4.79 Å². The van der Waals surface area contributed by atoms with Crippen LogP contribution in [0.25, 0.3) is 0 Å². The molecule has 0 spiro atoms. The van der Waals surface area contributed by atoms with Crippen LogP contribution in [0.1, 0.15) is 56.9 Å². The first-order valence-electron chi connectivity index (χ1n) is 12.2. The number of thioether (sulfide) groups is 1. The van der Waals surface area contributed by atoms with Crippen molar-refractivity contribution in [1.82, 2.24) is 0 Å². The number of amides is 2. The van der Waals surface area contributed by atoms with E-state index in [1.165, 1.54) is 29.5 Å². The Kier molecular flexibility index (Phi) is 8.61. The Morgan fingerprint density at radius 2 is 1.34 bits per heavy atom. The van der Waals surface area contributed by atoms with Crippen molar-refractivity contribution in [3.63, 3.8) is 0 Å². The zero-order valence-electron chi connectivity index (χ0n) is 21.0. The Bertz CT molecular complexity index is 1440. The average molecular weight is 525 g/mol. The van der Waals surface area contributed by atoms with Crippen LogP contribution in [0.4, 0.5) is 11.4 Å². The molecule has 0 aliphatic carbocycles. The van der Waals surface area contributed by atoms with Crippen molar-refractivity contribution in [2.24, 2.45) is 0 Å². The zero-order chi connectivity index (χ0) is 27.1. The van der Waals surface area contributed by atoms with Gasteiger partial charge in [-0.15, -0.1) is 11.8 Å². The van der Waals surface area contributed by atoms with Gasteiger partial charge in [-0.1, -0.05) is 74.5 Å². The van der Waals surface area contributed by atoms with E-state index >= 15 is 0 Å². The summed E-state index contributed by atoms with van der Waals surface area (Å²) in [5.41, 5.74) is 3.26. The molecule has 0 heterocycles. The first kappa shape index (κ1) is 26.7. The lowest BCUT2D eigenvalue weighted by Crippen LogP contribution is -2.19. The normalized spacial score (nSPS) is 11.6. The van der Waals surface area contributed by atoms with Gasteiger partial charge in [0.05, 0.1) is 11.1 Å². The molecule has 4 aromatic carbocycles. The molecule has 0 saturated heterocycles. The smallest absolute Gasteiger partial charge is 0.336 e. The largest absolute Gasteiger partial charge is 0.478 e. The number of anilines is 2. The highest BCUT2D eigenvalue weighted by molar-refractivity contribution is 8.00. The highest BCUT2D eigenvalue weighted by atomic mass is 32.2. The van der Waals surface area contributed by atoms with Crippen LogP contribution in [0.5, 0.6) is 0 Å². The van der Waals surface area contributed by atoms with Gasteiger partial charge in [0.15, 0.2) is 0 Å². The predicted molar refractivity (Wildman–Crippen MR) is 152 cm³/mol. The van der Waals surface area contributed by atoms with Crippen molar-refractivity contribution in [1.29, 1.82) is 0 Å². The molecule has 0 aliphatic rings. The third-order valence-corrected chi connectivity index (χ3v) is 7.18. The van der Waals surface area contributed by atoms with E-state index in [-0.39, 0.29) is 17.0 Å². The van der Waals surface area contributed by atoms with Crippen molar-refractivity contribution in [2.75, 3.05) is 10.6 Å². The number of rotatable bonds is 9. The maximum Gasteiger partial charge on any atom is 0.336 e. The van der Waals surface area contributed by atoms with Crippen LogP contribution in [-0.2, 0) is 4.79 Å². The maximum absolute atomic E-state index is 13.4. The van der Waals surface area contributed by atoms with E-state index in [0.717, 1.165) is 16.1 Å². The fourth-order valence-corrected chi connectivity index (χ4v) is 4.99. The lowest BCUT2D eigenvalue weighted by molar-refractivity contribution is -0.115. The Morgan fingerprint density at radius 1 is 0.684 bits per heavy atom. The second-order valence-corrected chi connectivity index (χ2v) is 10.2. The molecule has 1 unspecified atom stereocenters. The number of carbonyl (C=O) groups excluding carboxylic acids is 2. The van der Waals surface area contributed by atoms with E-state index < -0.39 is 17.1 Å². The number of carbonyl (C=O) groups is 3. The van der Waals surface area contributed by atoms with Crippen molar-refractivity contribution < 1.29 is 19.5 Å². The van der Waals surface area contributed by atoms with Gasteiger partial charge in [0, 0.05) is 16.3 Å². The molecule has 3 N–H and O–H groups in total. The summed E-state index contributed by atoms with van der Waals surface area (Å²) in [6, 6.07) is 30.6. The van der Waals surface area contributed by atoms with Gasteiger partial charge in [0.2, 0.25) is 5.91 Å². The van der Waals surface area contributed by atoms with Gasteiger partial charge in [-0.3, -0.25) is 9.59 Å². The van der Waals surface area contributed by atoms with Crippen molar-refractivity contribution in [3.8, 4) is 0 Å². The van der Waals surface area contributed by atoms with Crippen LogP contribution < -0.4 is 10.6 Å². The quantitative estimate of drug-likeness (QED) is 0.201. The molecule has 6 nitrogen and oxygen atoms in total. The second-order valence-electron chi connectivity index (χ2n) is 9.01. The van der Waals surface area contributed by atoms with Crippen LogP contribution in [-0.4, -0.2) is 22.9 Å². The number of benzene rings is 4. The molecule has 7 heteroatoms. The molecule has 2 amide bonds. The van der Waals surface area contributed by atoms with Gasteiger partial charge >= 0.3 is 5.97 Å². The van der Waals surface area contributed by atoms with Crippen LogP contribution in [0.2, 0.25) is 0 Å². The van der Waals surface area contributed by atoms with Crippen LogP contribution in [0.3, 0.4) is 0 Å². The SMILES string of the molecule is CC(C)c1ccc(NC(=O)C(Sc2cccc(NC(=O)c3ccccc3C(=O)O)c2)c2ccccc2)cc1. The van der Waals surface area contributed by atoms with E-state index in [0.29, 0.717) is 11.6 Å². The van der Waals surface area contributed by atoms with Gasteiger partial charge < -0.3 is 15.7 Å². The zero-order valence-corrected chi connectivity index (χ0v) is 21.9. The second kappa shape index (κ2) is 12.3. The molecule has 0 radical (unpaired) electrons. The van der Waals surface area contributed by atoms with E-state index in [2.05, 4.69) is 24.5 Å². The summed E-state index contributed by atoms with van der Waals surface area (Å²) in [7, 11) is 0. The maximum atomic E-state index is 13.4. The summed E-state index contributed by atoms with van der Waals surface area (Å²) in [5, 5.41) is 14.7. The Labute approximate surface area is 226 Å². The molecule has 0 saturated carbocycles. The number of hydrogen-bond donors (Lipinski definition) is 3. The number of carboxylic acids is 1. The van der Waals surface area contributed by atoms with E-state index in [9.17, 15) is 19.5 Å². The van der Waals surface area contributed by atoms with E-state index in [1.54, 1.807) is 30.3 Å². The summed E-state index contributed by atoms with van der Waals surface area (Å²) in [4.78, 5) is 38.5. The molecule has 192 valence electrons. The summed E-state index contributed by atoms with van der Waals surface area (Å²) >= 11 is 1.36. The first-order valence-corrected chi connectivity index (χ1v) is 13.1. The van der Waals surface area contributed by atoms with Crippen LogP contribution in [0, 0.1) is 0 Å². The number of carboxylic acid groups (broad SMARTS) is 1. The fraction of sp³-hybridized carbons (Fsp3) is 0.129. The summed E-state index contributed by atoms with van der Waals surface area (Å²) in [5.74, 6) is -1.45. The van der Waals surface area contributed by atoms with E-state index in [1.807, 2.05) is 60.7 Å². The molecule has 38 heavy (non-hydrogen) atoms. The topological polar surface area (TPSA) is 95.5 Å². The summed E-state index contributed by atoms with van der Waals surface area (Å²) < 4.78 is 0. The van der Waals surface area contributed by atoms with Crippen LogP contribution >= 0.6 is 11.8 Å². The third-order valence-electron chi connectivity index (χ3n) is 5.93.